The molecule has 0 spiro atoms. The van der Waals surface area contributed by atoms with E-state index in [2.05, 4.69) is 5.32 Å². The van der Waals surface area contributed by atoms with Crippen molar-refractivity contribution in [2.75, 3.05) is 24.3 Å². The third kappa shape index (κ3) is 8.67. The van der Waals surface area contributed by atoms with E-state index in [1.165, 1.54) is 0 Å². The molecule has 0 aromatic rings. The van der Waals surface area contributed by atoms with Crippen molar-refractivity contribution in [1.29, 1.82) is 0 Å². The number of nitrogens with two attached hydrogens (primary N) is 1. The third-order valence-electron chi connectivity index (χ3n) is 1.63. The van der Waals surface area contributed by atoms with Crippen molar-refractivity contribution in [3.63, 3.8) is 0 Å². The van der Waals surface area contributed by atoms with Crippen LogP contribution in [-0.2, 0) is 14.9 Å². The molecule has 0 aromatic carbocycles. The number of hydrogen-bond acceptors (Lipinski definition) is 5. The summed E-state index contributed by atoms with van der Waals surface area (Å²) in [6.07, 6.45) is 2.45. The summed E-state index contributed by atoms with van der Waals surface area (Å²) in [4.78, 5) is 11.2. The van der Waals surface area contributed by atoms with Crippen LogP contribution in [0.2, 0.25) is 0 Å². The fourth-order valence-corrected chi connectivity index (χ4v) is 1.66. The van der Waals surface area contributed by atoms with Crippen LogP contribution in [0.4, 0.5) is 0 Å². The average Bonchev–Trinajstić information content (AvgIpc) is 2.11. The van der Waals surface area contributed by atoms with Gasteiger partial charge in [-0.05, 0) is 18.4 Å². The molecule has 0 fully saturated rings. The summed E-state index contributed by atoms with van der Waals surface area (Å²) in [6.45, 7) is -0.120. The first-order valence-corrected chi connectivity index (χ1v) is 7.34. The van der Waals surface area contributed by atoms with Gasteiger partial charge in [0.2, 0.25) is 5.91 Å². The second kappa shape index (κ2) is 7.04. The maximum absolute atomic E-state index is 11.2. The smallest absolute Gasteiger partial charge is 0.266 e. The van der Waals surface area contributed by atoms with Crippen LogP contribution in [0.25, 0.3) is 0 Å². The predicted molar refractivity (Wildman–Crippen MR) is 60.4 cm³/mol. The third-order valence-corrected chi connectivity index (χ3v) is 2.99. The monoisotopic (exact) mass is 256 g/mol. The Hall–Kier alpha value is -0.310. The van der Waals surface area contributed by atoms with Gasteiger partial charge in [0.05, 0.1) is 11.8 Å². The van der Waals surface area contributed by atoms with Crippen LogP contribution in [0, 0.1) is 0 Å². The summed E-state index contributed by atoms with van der Waals surface area (Å²) in [5.74, 6) is -0.117. The van der Waals surface area contributed by atoms with Gasteiger partial charge >= 0.3 is 0 Å². The van der Waals surface area contributed by atoms with E-state index in [1.807, 2.05) is 6.26 Å². The predicted octanol–water partition coefficient (Wildman–Crippen LogP) is -0.929. The lowest BCUT2D eigenvalue weighted by atomic mass is 10.2. The molecule has 8 heteroatoms. The van der Waals surface area contributed by atoms with Crippen LogP contribution in [-0.4, -0.2) is 49.2 Å². The largest absolute Gasteiger partial charge is 0.354 e. The highest BCUT2D eigenvalue weighted by Crippen LogP contribution is 1.98. The molecule has 6 nitrogen and oxygen atoms in total. The van der Waals surface area contributed by atoms with Crippen LogP contribution in [0.5, 0.6) is 0 Å². The Morgan fingerprint density at radius 3 is 2.67 bits per heavy atom. The van der Waals surface area contributed by atoms with Crippen molar-refractivity contribution < 1.29 is 17.8 Å². The zero-order valence-electron chi connectivity index (χ0n) is 8.47. The Morgan fingerprint density at radius 2 is 2.20 bits per heavy atom. The summed E-state index contributed by atoms with van der Waals surface area (Å²) in [5, 5.41) is 2.34. The first-order chi connectivity index (χ1) is 6.87. The zero-order valence-corrected chi connectivity index (χ0v) is 10.1. The Kier molecular flexibility index (Phi) is 6.90. The molecule has 15 heavy (non-hydrogen) atoms. The molecule has 0 bridgehead atoms. The Labute approximate surface area is 93.7 Å². The van der Waals surface area contributed by atoms with Crippen LogP contribution >= 0.6 is 11.8 Å². The summed E-state index contributed by atoms with van der Waals surface area (Å²) < 4.78 is 29.0. The highest BCUT2D eigenvalue weighted by Gasteiger charge is 2.13. The van der Waals surface area contributed by atoms with Crippen molar-refractivity contribution in [1.82, 2.24) is 5.32 Å². The van der Waals surface area contributed by atoms with Gasteiger partial charge in [0.15, 0.2) is 0 Å². The van der Waals surface area contributed by atoms with Gasteiger partial charge in [0.25, 0.3) is 10.1 Å². The molecule has 0 heterocycles. The average molecular weight is 256 g/mol. The minimum atomic E-state index is -4.02. The van der Waals surface area contributed by atoms with Crippen molar-refractivity contribution >= 4 is 27.8 Å². The maximum atomic E-state index is 11.2. The van der Waals surface area contributed by atoms with Gasteiger partial charge in [-0.15, -0.1) is 0 Å². The van der Waals surface area contributed by atoms with Crippen LogP contribution in [0.15, 0.2) is 0 Å². The van der Waals surface area contributed by atoms with Gasteiger partial charge in [-0.3, -0.25) is 9.35 Å². The summed E-state index contributed by atoms with van der Waals surface area (Å²) in [6, 6.07) is -0.626. The molecule has 0 aliphatic heterocycles. The van der Waals surface area contributed by atoms with Gasteiger partial charge in [-0.25, -0.2) is 0 Å². The lowest BCUT2D eigenvalue weighted by Crippen LogP contribution is -2.42. The molecule has 0 saturated carbocycles. The van der Waals surface area contributed by atoms with Crippen molar-refractivity contribution in [2.24, 2.45) is 5.73 Å². The number of carbonyl (C=O) groups is 1. The zero-order chi connectivity index (χ0) is 11.9. The van der Waals surface area contributed by atoms with E-state index in [0.29, 0.717) is 6.42 Å². The van der Waals surface area contributed by atoms with Crippen molar-refractivity contribution in [2.45, 2.75) is 12.5 Å². The molecule has 0 radical (unpaired) electrons. The number of thioether (sulfide) groups is 1. The molecular formula is C7H16N2O4S2. The van der Waals surface area contributed by atoms with E-state index in [0.717, 1.165) is 5.75 Å². The van der Waals surface area contributed by atoms with E-state index >= 15 is 0 Å². The molecule has 0 aliphatic carbocycles. The first-order valence-electron chi connectivity index (χ1n) is 4.34. The lowest BCUT2D eigenvalue weighted by Gasteiger charge is -2.10. The Morgan fingerprint density at radius 1 is 1.60 bits per heavy atom. The second-order valence-electron chi connectivity index (χ2n) is 2.97. The molecular weight excluding hydrogens is 240 g/mol. The number of rotatable bonds is 7. The van der Waals surface area contributed by atoms with E-state index in [1.54, 1.807) is 11.8 Å². The molecule has 0 aromatic heterocycles. The van der Waals surface area contributed by atoms with E-state index in [-0.39, 0.29) is 6.54 Å². The fraction of sp³-hybridized carbons (Fsp3) is 0.857. The van der Waals surface area contributed by atoms with E-state index in [4.69, 9.17) is 10.3 Å². The Balaban J connectivity index is 3.74. The Bertz CT molecular complexity index is 291. The summed E-state index contributed by atoms with van der Waals surface area (Å²) in [5.41, 5.74) is 5.52. The quantitative estimate of drug-likeness (QED) is 0.508. The topological polar surface area (TPSA) is 109 Å². The molecule has 0 aliphatic rings. The van der Waals surface area contributed by atoms with Crippen LogP contribution < -0.4 is 11.1 Å². The van der Waals surface area contributed by atoms with Gasteiger partial charge in [0.1, 0.15) is 0 Å². The molecule has 1 amide bonds. The highest BCUT2D eigenvalue weighted by atomic mass is 32.2. The minimum absolute atomic E-state index is 0.120. The lowest BCUT2D eigenvalue weighted by molar-refractivity contribution is -0.122. The fourth-order valence-electron chi connectivity index (χ4n) is 0.810. The summed E-state index contributed by atoms with van der Waals surface area (Å²) >= 11 is 1.58. The van der Waals surface area contributed by atoms with Crippen LogP contribution in [0.3, 0.4) is 0 Å². The van der Waals surface area contributed by atoms with Gasteiger partial charge < -0.3 is 11.1 Å². The maximum Gasteiger partial charge on any atom is 0.266 e. The van der Waals surface area contributed by atoms with Gasteiger partial charge in [0, 0.05) is 6.54 Å². The standard InChI is InChI=1S/C7H16N2O4S2/c1-14-4-2-6(8)7(10)9-3-5-15(11,12)13/h6H,2-5,8H2,1H3,(H,9,10)(H,11,12,13). The number of hydrogen-bond donors (Lipinski definition) is 3. The molecule has 90 valence electrons. The molecule has 4 N–H and O–H groups in total. The minimum Gasteiger partial charge on any atom is -0.354 e. The van der Waals surface area contributed by atoms with Crippen LogP contribution in [0.1, 0.15) is 6.42 Å². The van der Waals surface area contributed by atoms with Gasteiger partial charge in [-0.2, -0.15) is 20.2 Å². The molecule has 1 atom stereocenters. The second-order valence-corrected chi connectivity index (χ2v) is 5.52. The molecule has 0 rings (SSSR count). The number of carbonyl (C=O) groups excluding carboxylic acids is 1. The SMILES string of the molecule is CSCCC(N)C(=O)NCCS(=O)(=O)O. The first kappa shape index (κ1) is 14.7. The normalized spacial score (nSPS) is 13.5. The van der Waals surface area contributed by atoms with Gasteiger partial charge in [-0.1, -0.05) is 0 Å². The van der Waals surface area contributed by atoms with E-state index in [9.17, 15) is 13.2 Å². The summed E-state index contributed by atoms with van der Waals surface area (Å²) in [7, 11) is -4.02. The van der Waals surface area contributed by atoms with Crippen molar-refractivity contribution in [3.05, 3.63) is 0 Å². The highest BCUT2D eigenvalue weighted by molar-refractivity contribution is 7.98. The molecule has 0 saturated heterocycles. The van der Waals surface area contributed by atoms with E-state index < -0.39 is 27.8 Å². The number of amides is 1. The van der Waals surface area contributed by atoms with Crippen molar-refractivity contribution in [3.8, 4) is 0 Å². The molecule has 1 unspecified atom stereocenters. The number of nitrogens with one attached hydrogen (secondary N) is 1.